The molecule has 6 heteroatoms. The molecule has 1 aromatic rings. The number of alkyl halides is 2. The molecule has 0 spiro atoms. The fourth-order valence-corrected chi connectivity index (χ4v) is 1.09. The Balaban J connectivity index is 2.50. The first-order chi connectivity index (χ1) is 7.39. The van der Waals surface area contributed by atoms with Gasteiger partial charge in [0, 0.05) is 5.69 Å². The van der Waals surface area contributed by atoms with E-state index in [0.29, 0.717) is 5.69 Å². The summed E-state index contributed by atoms with van der Waals surface area (Å²) < 4.78 is 25.9. The molecule has 1 aromatic carbocycles. The number of aromatic hydroxyl groups is 1. The Morgan fingerprint density at radius 2 is 1.88 bits per heavy atom. The van der Waals surface area contributed by atoms with Crippen LogP contribution < -0.4 is 5.32 Å². The summed E-state index contributed by atoms with van der Waals surface area (Å²) in [5.41, 5.74) is 0.392. The van der Waals surface area contributed by atoms with Crippen molar-refractivity contribution in [1.82, 2.24) is 0 Å². The van der Waals surface area contributed by atoms with Gasteiger partial charge >= 0.3 is 5.97 Å². The summed E-state index contributed by atoms with van der Waals surface area (Å²) in [5.74, 6) is -4.82. The fraction of sp³-hybridized carbons (Fsp3) is 0.300. The minimum atomic E-state index is -3.30. The van der Waals surface area contributed by atoms with Crippen molar-refractivity contribution in [1.29, 1.82) is 0 Å². The third-order valence-electron chi connectivity index (χ3n) is 1.83. The summed E-state index contributed by atoms with van der Waals surface area (Å²) in [7, 11) is 0. The van der Waals surface area contributed by atoms with Crippen molar-refractivity contribution in [2.75, 3.05) is 11.9 Å². The quantitative estimate of drug-likeness (QED) is 0.677. The van der Waals surface area contributed by atoms with Crippen LogP contribution in [0.2, 0.25) is 0 Å². The Morgan fingerprint density at radius 1 is 1.31 bits per heavy atom. The van der Waals surface area contributed by atoms with Crippen LogP contribution in [0.15, 0.2) is 24.3 Å². The molecule has 0 aromatic heterocycles. The Labute approximate surface area is 90.5 Å². The molecule has 0 aliphatic rings. The number of phenols is 1. The van der Waals surface area contributed by atoms with E-state index in [1.807, 2.05) is 0 Å². The largest absolute Gasteiger partial charge is 0.508 e. The molecule has 1 rings (SSSR count). The number of hydrogen-bond donors (Lipinski definition) is 3. The van der Waals surface area contributed by atoms with E-state index in [0.717, 1.165) is 0 Å². The maximum atomic E-state index is 12.9. The van der Waals surface area contributed by atoms with E-state index in [1.165, 1.54) is 24.3 Å². The predicted molar refractivity (Wildman–Crippen MR) is 53.8 cm³/mol. The topological polar surface area (TPSA) is 69.6 Å². The van der Waals surface area contributed by atoms with E-state index < -0.39 is 24.9 Å². The molecule has 0 aliphatic carbocycles. The lowest BCUT2D eigenvalue weighted by molar-refractivity contribution is -0.144. The van der Waals surface area contributed by atoms with E-state index in [1.54, 1.807) is 0 Å². The van der Waals surface area contributed by atoms with E-state index in [9.17, 15) is 13.6 Å². The molecule has 0 saturated heterocycles. The fourth-order valence-electron chi connectivity index (χ4n) is 1.09. The molecule has 0 atom stereocenters. The maximum absolute atomic E-state index is 12.9. The van der Waals surface area contributed by atoms with Crippen LogP contribution in [0.25, 0.3) is 0 Å². The number of carboxylic acids is 1. The number of rotatable bonds is 5. The number of benzene rings is 1. The van der Waals surface area contributed by atoms with Gasteiger partial charge in [-0.3, -0.25) is 4.79 Å². The van der Waals surface area contributed by atoms with Crippen molar-refractivity contribution in [2.24, 2.45) is 0 Å². The lowest BCUT2D eigenvalue weighted by atomic mass is 10.2. The molecular weight excluding hydrogens is 220 g/mol. The van der Waals surface area contributed by atoms with Crippen molar-refractivity contribution in [3.8, 4) is 5.75 Å². The summed E-state index contributed by atoms with van der Waals surface area (Å²) in [6.07, 6.45) is -1.21. The number of halogens is 2. The third kappa shape index (κ3) is 4.12. The Morgan fingerprint density at radius 3 is 2.38 bits per heavy atom. The standard InChI is InChI=1S/C10H11F2NO3/c11-10(12,5-9(15)16)6-13-7-1-3-8(14)4-2-7/h1-4,13-14H,5-6H2,(H,15,16). The Hall–Kier alpha value is -1.85. The first kappa shape index (κ1) is 12.2. The zero-order chi connectivity index (χ0) is 12.2. The van der Waals surface area contributed by atoms with E-state index in [-0.39, 0.29) is 5.75 Å². The molecule has 3 N–H and O–H groups in total. The Kier molecular flexibility index (Phi) is 3.65. The molecule has 0 saturated carbocycles. The highest BCUT2D eigenvalue weighted by atomic mass is 19.3. The highest BCUT2D eigenvalue weighted by Crippen LogP contribution is 2.20. The zero-order valence-corrected chi connectivity index (χ0v) is 8.28. The first-order valence-electron chi connectivity index (χ1n) is 4.51. The molecule has 0 radical (unpaired) electrons. The lowest BCUT2D eigenvalue weighted by Crippen LogP contribution is -2.29. The van der Waals surface area contributed by atoms with Crippen LogP contribution in [0.5, 0.6) is 5.75 Å². The number of carboxylic acid groups (broad SMARTS) is 1. The highest BCUT2D eigenvalue weighted by Gasteiger charge is 2.31. The van der Waals surface area contributed by atoms with Gasteiger partial charge in [-0.2, -0.15) is 0 Å². The van der Waals surface area contributed by atoms with Gasteiger partial charge < -0.3 is 15.5 Å². The van der Waals surface area contributed by atoms with Gasteiger partial charge in [0.25, 0.3) is 5.92 Å². The second-order valence-electron chi connectivity index (χ2n) is 3.33. The molecule has 4 nitrogen and oxygen atoms in total. The van der Waals surface area contributed by atoms with Gasteiger partial charge in [-0.25, -0.2) is 8.78 Å². The van der Waals surface area contributed by atoms with Crippen LogP contribution in [-0.4, -0.2) is 28.6 Å². The van der Waals surface area contributed by atoms with Crippen molar-refractivity contribution in [3.05, 3.63) is 24.3 Å². The minimum absolute atomic E-state index is 0.0304. The third-order valence-corrected chi connectivity index (χ3v) is 1.83. The summed E-state index contributed by atoms with van der Waals surface area (Å²) in [6, 6.07) is 5.54. The molecule has 0 heterocycles. The summed E-state index contributed by atoms with van der Waals surface area (Å²) in [5, 5.41) is 19.6. The van der Waals surface area contributed by atoms with Crippen LogP contribution in [0, 0.1) is 0 Å². The monoisotopic (exact) mass is 231 g/mol. The summed E-state index contributed by atoms with van der Waals surface area (Å²) in [4.78, 5) is 10.1. The number of anilines is 1. The SMILES string of the molecule is O=C(O)CC(F)(F)CNc1ccc(O)cc1. The molecule has 0 unspecified atom stereocenters. The number of carbonyl (C=O) groups is 1. The molecule has 0 bridgehead atoms. The molecule has 0 aliphatic heterocycles. The van der Waals surface area contributed by atoms with Crippen LogP contribution in [0.4, 0.5) is 14.5 Å². The van der Waals surface area contributed by atoms with Crippen molar-refractivity contribution >= 4 is 11.7 Å². The van der Waals surface area contributed by atoms with Gasteiger partial charge in [-0.1, -0.05) is 0 Å². The zero-order valence-electron chi connectivity index (χ0n) is 8.28. The average Bonchev–Trinajstić information content (AvgIpc) is 2.15. The van der Waals surface area contributed by atoms with Crippen LogP contribution >= 0.6 is 0 Å². The van der Waals surface area contributed by atoms with E-state index >= 15 is 0 Å². The number of phenolic OH excluding ortho intramolecular Hbond substituents is 1. The number of hydrogen-bond acceptors (Lipinski definition) is 3. The van der Waals surface area contributed by atoms with Crippen LogP contribution in [0.1, 0.15) is 6.42 Å². The van der Waals surface area contributed by atoms with Gasteiger partial charge in [-0.15, -0.1) is 0 Å². The normalized spacial score (nSPS) is 11.1. The smallest absolute Gasteiger partial charge is 0.309 e. The van der Waals surface area contributed by atoms with Crippen LogP contribution in [0.3, 0.4) is 0 Å². The highest BCUT2D eigenvalue weighted by molar-refractivity contribution is 5.68. The molecular formula is C10H11F2NO3. The number of aliphatic carboxylic acids is 1. The van der Waals surface area contributed by atoms with Crippen molar-refractivity contribution < 1.29 is 23.8 Å². The maximum Gasteiger partial charge on any atom is 0.309 e. The Bertz CT molecular complexity index is 365. The van der Waals surface area contributed by atoms with Crippen molar-refractivity contribution in [2.45, 2.75) is 12.3 Å². The van der Waals surface area contributed by atoms with Gasteiger partial charge in [0.1, 0.15) is 12.2 Å². The second kappa shape index (κ2) is 4.78. The van der Waals surface area contributed by atoms with E-state index in [4.69, 9.17) is 10.2 Å². The van der Waals surface area contributed by atoms with E-state index in [2.05, 4.69) is 5.32 Å². The molecule has 16 heavy (non-hydrogen) atoms. The second-order valence-corrected chi connectivity index (χ2v) is 3.33. The van der Waals surface area contributed by atoms with Gasteiger partial charge in [0.2, 0.25) is 0 Å². The number of nitrogens with one attached hydrogen (secondary N) is 1. The van der Waals surface area contributed by atoms with Gasteiger partial charge in [-0.05, 0) is 24.3 Å². The summed E-state index contributed by atoms with van der Waals surface area (Å²) in [6.45, 7) is -0.760. The van der Waals surface area contributed by atoms with Crippen LogP contribution in [-0.2, 0) is 4.79 Å². The molecule has 88 valence electrons. The van der Waals surface area contributed by atoms with Gasteiger partial charge in [0.15, 0.2) is 0 Å². The lowest BCUT2D eigenvalue weighted by Gasteiger charge is -2.15. The summed E-state index contributed by atoms with van der Waals surface area (Å²) >= 11 is 0. The minimum Gasteiger partial charge on any atom is -0.508 e. The molecule has 0 fully saturated rings. The predicted octanol–water partition coefficient (Wildman–Crippen LogP) is 1.91. The van der Waals surface area contributed by atoms with Crippen molar-refractivity contribution in [3.63, 3.8) is 0 Å². The molecule has 0 amide bonds. The average molecular weight is 231 g/mol. The first-order valence-corrected chi connectivity index (χ1v) is 4.51. The van der Waals surface area contributed by atoms with Gasteiger partial charge in [0.05, 0.1) is 6.54 Å².